The molecule has 1 N–H and O–H groups in total. The fourth-order valence-corrected chi connectivity index (χ4v) is 3.01. The van der Waals surface area contributed by atoms with Gasteiger partial charge in [0.1, 0.15) is 0 Å². The summed E-state index contributed by atoms with van der Waals surface area (Å²) in [5.41, 5.74) is 0.827. The second-order valence-electron chi connectivity index (χ2n) is 5.25. The lowest BCUT2D eigenvalue weighted by atomic mass is 9.92. The number of amides is 1. The smallest absolute Gasteiger partial charge is 0.242 e. The van der Waals surface area contributed by atoms with Crippen molar-refractivity contribution in [2.45, 2.75) is 38.3 Å². The first kappa shape index (κ1) is 17.5. The van der Waals surface area contributed by atoms with Gasteiger partial charge >= 0.3 is 0 Å². The Morgan fingerprint density at radius 1 is 1.40 bits per heavy atom. The van der Waals surface area contributed by atoms with Gasteiger partial charge in [-0.15, -0.1) is 12.4 Å². The number of hydrogen-bond acceptors (Lipinski definition) is 2. The van der Waals surface area contributed by atoms with Crippen molar-refractivity contribution in [1.29, 1.82) is 0 Å². The maximum absolute atomic E-state index is 12.6. The van der Waals surface area contributed by atoms with Gasteiger partial charge in [0, 0.05) is 18.1 Å². The molecule has 1 aromatic rings. The van der Waals surface area contributed by atoms with Crippen LogP contribution in [0.4, 0.5) is 0 Å². The maximum Gasteiger partial charge on any atom is 0.242 e. The van der Waals surface area contributed by atoms with E-state index in [4.69, 9.17) is 0 Å². The number of nitrogens with one attached hydrogen (secondary N) is 1. The third-order valence-corrected chi connectivity index (χ3v) is 4.47. The number of benzene rings is 1. The van der Waals surface area contributed by atoms with Crippen molar-refractivity contribution in [2.24, 2.45) is 0 Å². The van der Waals surface area contributed by atoms with Crippen LogP contribution in [0.2, 0.25) is 0 Å². The fraction of sp³-hybridized carbons (Fsp3) is 0.533. The highest BCUT2D eigenvalue weighted by Crippen LogP contribution is 2.25. The van der Waals surface area contributed by atoms with Crippen LogP contribution in [0.3, 0.4) is 0 Å². The minimum Gasteiger partial charge on any atom is -0.340 e. The number of nitrogens with zero attached hydrogens (tertiary/aromatic N) is 1. The summed E-state index contributed by atoms with van der Waals surface area (Å²) in [6.07, 6.45) is 2.90. The lowest BCUT2D eigenvalue weighted by molar-refractivity contribution is -0.137. The van der Waals surface area contributed by atoms with Gasteiger partial charge in [-0.2, -0.15) is 0 Å². The van der Waals surface area contributed by atoms with Crippen LogP contribution in [-0.4, -0.2) is 29.9 Å². The molecular weight excluding hydrogens is 340 g/mol. The molecule has 0 spiro atoms. The van der Waals surface area contributed by atoms with Crippen molar-refractivity contribution in [2.75, 3.05) is 13.6 Å². The molecule has 5 heteroatoms. The predicted octanol–water partition coefficient (Wildman–Crippen LogP) is 3.36. The lowest BCUT2D eigenvalue weighted by Gasteiger charge is -2.31. The van der Waals surface area contributed by atoms with Crippen LogP contribution in [0, 0.1) is 0 Å². The Kier molecular flexibility index (Phi) is 6.49. The molecule has 3 nitrogen and oxygen atoms in total. The molecule has 1 aromatic carbocycles. The molecular formula is C15H22BrClN2O. The zero-order valence-corrected chi connectivity index (χ0v) is 14.4. The molecule has 2 rings (SSSR count). The molecule has 0 aromatic heterocycles. The van der Waals surface area contributed by atoms with Crippen LogP contribution in [0.15, 0.2) is 28.7 Å². The molecule has 0 saturated carbocycles. The topological polar surface area (TPSA) is 32.3 Å². The molecule has 1 atom stereocenters. The minimum absolute atomic E-state index is 0. The molecule has 1 fully saturated rings. The first-order valence-corrected chi connectivity index (χ1v) is 7.62. The van der Waals surface area contributed by atoms with Crippen molar-refractivity contribution in [3.05, 3.63) is 34.3 Å². The van der Waals surface area contributed by atoms with Crippen LogP contribution >= 0.6 is 28.3 Å². The van der Waals surface area contributed by atoms with E-state index in [2.05, 4.69) is 40.3 Å². The van der Waals surface area contributed by atoms with Crippen LogP contribution < -0.4 is 5.32 Å². The van der Waals surface area contributed by atoms with Crippen LogP contribution in [0.1, 0.15) is 31.7 Å². The number of hydrogen-bond donors (Lipinski definition) is 1. The van der Waals surface area contributed by atoms with E-state index in [0.717, 1.165) is 35.8 Å². The second kappa shape index (κ2) is 7.43. The normalized spacial score (nSPS) is 21.4. The third-order valence-electron chi connectivity index (χ3n) is 3.94. The molecule has 1 aliphatic rings. The van der Waals surface area contributed by atoms with Gasteiger partial charge in [0.15, 0.2) is 0 Å². The highest BCUT2D eigenvalue weighted by atomic mass is 79.9. The molecule has 1 heterocycles. The molecule has 1 amide bonds. The predicted molar refractivity (Wildman–Crippen MR) is 88.1 cm³/mol. The summed E-state index contributed by atoms with van der Waals surface area (Å²) >= 11 is 3.42. The molecule has 112 valence electrons. The minimum atomic E-state index is -0.329. The maximum atomic E-state index is 12.6. The van der Waals surface area contributed by atoms with Crippen LogP contribution in [-0.2, 0) is 11.3 Å². The number of rotatable bonds is 4. The van der Waals surface area contributed by atoms with Gasteiger partial charge in [-0.1, -0.05) is 35.0 Å². The number of likely N-dealkylation sites (N-methyl/N-ethyl adjacent to an activating group) is 1. The number of carbonyl (C=O) groups excluding carboxylic acids is 1. The monoisotopic (exact) mass is 360 g/mol. The molecule has 20 heavy (non-hydrogen) atoms. The van der Waals surface area contributed by atoms with Gasteiger partial charge in [0.25, 0.3) is 0 Å². The van der Waals surface area contributed by atoms with Crippen molar-refractivity contribution in [3.8, 4) is 0 Å². The Balaban J connectivity index is 0.00000200. The van der Waals surface area contributed by atoms with E-state index >= 15 is 0 Å². The Hall–Kier alpha value is -0.580. The summed E-state index contributed by atoms with van der Waals surface area (Å²) in [6, 6.07) is 8.12. The van der Waals surface area contributed by atoms with E-state index in [-0.39, 0.29) is 23.9 Å². The van der Waals surface area contributed by atoms with Gasteiger partial charge in [-0.05, 0) is 43.5 Å². The zero-order valence-electron chi connectivity index (χ0n) is 12.0. The molecule has 0 radical (unpaired) electrons. The van der Waals surface area contributed by atoms with Crippen LogP contribution in [0.25, 0.3) is 0 Å². The van der Waals surface area contributed by atoms with Gasteiger partial charge < -0.3 is 10.2 Å². The van der Waals surface area contributed by atoms with Crippen molar-refractivity contribution >= 4 is 34.2 Å². The van der Waals surface area contributed by atoms with Crippen molar-refractivity contribution in [3.63, 3.8) is 0 Å². The van der Waals surface area contributed by atoms with Gasteiger partial charge in [-0.25, -0.2) is 0 Å². The molecule has 1 saturated heterocycles. The van der Waals surface area contributed by atoms with Crippen LogP contribution in [0.5, 0.6) is 0 Å². The average molecular weight is 362 g/mol. The highest BCUT2D eigenvalue weighted by Gasteiger charge is 2.40. The molecule has 1 unspecified atom stereocenters. The van der Waals surface area contributed by atoms with E-state index in [1.807, 2.05) is 24.1 Å². The fourth-order valence-electron chi connectivity index (χ4n) is 2.74. The SMILES string of the molecule is CCC1(C(=O)N(C)Cc2ccc(Br)cc2)CCCN1.Cl. The quantitative estimate of drug-likeness (QED) is 0.892. The Labute approximate surface area is 135 Å². The van der Waals surface area contributed by atoms with Gasteiger partial charge in [-0.3, -0.25) is 4.79 Å². The Morgan fingerprint density at radius 3 is 2.55 bits per heavy atom. The zero-order chi connectivity index (χ0) is 13.9. The van der Waals surface area contributed by atoms with Gasteiger partial charge in [0.2, 0.25) is 5.91 Å². The van der Waals surface area contributed by atoms with Crippen molar-refractivity contribution < 1.29 is 4.79 Å². The molecule has 1 aliphatic heterocycles. The number of carbonyl (C=O) groups is 1. The summed E-state index contributed by atoms with van der Waals surface area (Å²) in [7, 11) is 1.89. The van der Waals surface area contributed by atoms with Crippen molar-refractivity contribution in [1.82, 2.24) is 10.2 Å². The van der Waals surface area contributed by atoms with E-state index in [9.17, 15) is 4.79 Å². The number of halogens is 2. The Bertz CT molecular complexity index is 444. The average Bonchev–Trinajstić information content (AvgIpc) is 2.90. The Morgan fingerprint density at radius 2 is 2.05 bits per heavy atom. The standard InChI is InChI=1S/C15H21BrN2O.ClH/c1-3-15(9-4-10-17-15)14(19)18(2)11-12-5-7-13(16)8-6-12;/h5-8,17H,3-4,9-11H2,1-2H3;1H. The summed E-state index contributed by atoms with van der Waals surface area (Å²) in [4.78, 5) is 14.5. The first-order chi connectivity index (χ1) is 9.07. The third kappa shape index (κ3) is 3.74. The van der Waals surface area contributed by atoms with E-state index in [1.165, 1.54) is 0 Å². The highest BCUT2D eigenvalue weighted by molar-refractivity contribution is 9.10. The largest absolute Gasteiger partial charge is 0.340 e. The second-order valence-corrected chi connectivity index (χ2v) is 6.17. The summed E-state index contributed by atoms with van der Waals surface area (Å²) in [5.74, 6) is 0.218. The van der Waals surface area contributed by atoms with Gasteiger partial charge in [0.05, 0.1) is 5.54 Å². The summed E-state index contributed by atoms with van der Waals surface area (Å²) < 4.78 is 1.06. The first-order valence-electron chi connectivity index (χ1n) is 6.82. The van der Waals surface area contributed by atoms with E-state index < -0.39 is 0 Å². The molecule has 0 aliphatic carbocycles. The van der Waals surface area contributed by atoms with E-state index in [0.29, 0.717) is 6.54 Å². The lowest BCUT2D eigenvalue weighted by Crippen LogP contribution is -2.53. The summed E-state index contributed by atoms with van der Waals surface area (Å²) in [6.45, 7) is 3.70. The molecule has 0 bridgehead atoms. The van der Waals surface area contributed by atoms with E-state index in [1.54, 1.807) is 0 Å². The summed E-state index contributed by atoms with van der Waals surface area (Å²) in [5, 5.41) is 3.40.